The normalized spacial score (nSPS) is 14.7. The number of aliphatic hydroxyl groups excluding tert-OH is 1. The summed E-state index contributed by atoms with van der Waals surface area (Å²) in [6, 6.07) is -1.83. The van der Waals surface area contributed by atoms with Crippen molar-refractivity contribution in [1.29, 1.82) is 0 Å². The maximum Gasteiger partial charge on any atom is 0.239 e. The molecule has 0 fully saturated rings. The molecule has 2 amide bonds. The van der Waals surface area contributed by atoms with E-state index in [0.717, 1.165) is 38.5 Å². The van der Waals surface area contributed by atoms with E-state index in [2.05, 4.69) is 0 Å². The molecular formula is C26H61N11O3. The maximum atomic E-state index is 13.4. The van der Waals surface area contributed by atoms with Crippen molar-refractivity contribution in [2.45, 2.75) is 82.1 Å². The molecule has 0 heterocycles. The van der Waals surface area contributed by atoms with Crippen molar-refractivity contribution < 1.29 is 14.7 Å². The van der Waals surface area contributed by atoms with Gasteiger partial charge in [0.1, 0.15) is 6.23 Å². The number of aliphatic hydroxyl groups is 1. The molecule has 40 heavy (non-hydrogen) atoms. The van der Waals surface area contributed by atoms with E-state index in [1.54, 1.807) is 14.7 Å². The van der Waals surface area contributed by atoms with Crippen molar-refractivity contribution in [2.75, 3.05) is 72.0 Å². The number of hydrogen-bond acceptors (Lipinski definition) is 12. The van der Waals surface area contributed by atoms with Crippen LogP contribution in [0, 0.1) is 0 Å². The highest BCUT2D eigenvalue weighted by Crippen LogP contribution is 2.10. The van der Waals surface area contributed by atoms with E-state index in [1.165, 1.54) is 0 Å². The van der Waals surface area contributed by atoms with Crippen LogP contribution in [-0.2, 0) is 9.59 Å². The monoisotopic (exact) mass is 575 g/mol. The van der Waals surface area contributed by atoms with Gasteiger partial charge in [-0.15, -0.1) is 0 Å². The van der Waals surface area contributed by atoms with Crippen LogP contribution in [0.25, 0.3) is 0 Å². The Hall–Kier alpha value is -1.46. The zero-order chi connectivity index (χ0) is 30.3. The number of amides is 2. The second kappa shape index (κ2) is 24.2. The fourth-order valence-corrected chi connectivity index (χ4v) is 4.53. The quantitative estimate of drug-likeness (QED) is 0.0360. The molecule has 0 aromatic carbocycles. The van der Waals surface area contributed by atoms with Gasteiger partial charge in [0.25, 0.3) is 0 Å². The first-order valence-electron chi connectivity index (χ1n) is 14.9. The van der Waals surface area contributed by atoms with Gasteiger partial charge in [0.2, 0.25) is 11.8 Å². The summed E-state index contributed by atoms with van der Waals surface area (Å²) in [7, 11) is 0. The molecule has 0 rings (SSSR count). The highest BCUT2D eigenvalue weighted by molar-refractivity contribution is 5.82. The number of carbonyl (C=O) groups is 2. The van der Waals surface area contributed by atoms with E-state index in [1.807, 2.05) is 0 Å². The molecule has 17 N–H and O–H groups in total. The first-order valence-corrected chi connectivity index (χ1v) is 14.9. The topological polar surface area (TPSA) is 272 Å². The van der Waals surface area contributed by atoms with Gasteiger partial charge in [-0.05, 0) is 58.2 Å². The standard InChI is InChI=1S/C26H61N11O3/c27-10-4-1-7-21(32)24(38)35(15-13-30)17-19-37(26(40)23(34)9-3-6-12-29)20-18-36(16-14-31)25(39)22(33)8-2-5-11-28/h21-24,38H,1-20,27-34H2. The molecule has 0 radical (unpaired) electrons. The van der Waals surface area contributed by atoms with Crippen LogP contribution >= 0.6 is 0 Å². The lowest BCUT2D eigenvalue weighted by atomic mass is 10.1. The second-order valence-corrected chi connectivity index (χ2v) is 10.4. The summed E-state index contributed by atoms with van der Waals surface area (Å²) in [6.45, 7) is 4.10. The molecule has 14 heteroatoms. The molecule has 0 saturated carbocycles. The average Bonchev–Trinajstić information content (AvgIpc) is 2.94. The molecule has 0 aromatic heterocycles. The van der Waals surface area contributed by atoms with E-state index in [9.17, 15) is 14.7 Å². The van der Waals surface area contributed by atoms with Crippen LogP contribution in [0.2, 0.25) is 0 Å². The van der Waals surface area contributed by atoms with Gasteiger partial charge < -0.3 is 60.8 Å². The Labute approximate surface area is 241 Å². The molecule has 0 aliphatic heterocycles. The summed E-state index contributed by atoms with van der Waals surface area (Å²) in [5.74, 6) is -0.426. The molecule has 4 unspecified atom stereocenters. The molecule has 0 aromatic rings. The predicted octanol–water partition coefficient (Wildman–Crippen LogP) is -3.45. The predicted molar refractivity (Wildman–Crippen MR) is 161 cm³/mol. The highest BCUT2D eigenvalue weighted by atomic mass is 16.3. The zero-order valence-corrected chi connectivity index (χ0v) is 24.7. The van der Waals surface area contributed by atoms with Crippen LogP contribution in [0.5, 0.6) is 0 Å². The molecule has 0 saturated heterocycles. The Morgan fingerprint density at radius 2 is 0.925 bits per heavy atom. The molecule has 14 nitrogen and oxygen atoms in total. The fourth-order valence-electron chi connectivity index (χ4n) is 4.53. The number of carbonyl (C=O) groups excluding carboxylic acids is 2. The van der Waals surface area contributed by atoms with Gasteiger partial charge in [-0.3, -0.25) is 14.5 Å². The van der Waals surface area contributed by atoms with Crippen LogP contribution in [0.1, 0.15) is 57.8 Å². The first-order chi connectivity index (χ1) is 19.2. The Bertz CT molecular complexity index is 647. The summed E-state index contributed by atoms with van der Waals surface area (Å²) in [6.07, 6.45) is 5.45. The van der Waals surface area contributed by atoms with E-state index >= 15 is 0 Å². The zero-order valence-electron chi connectivity index (χ0n) is 24.7. The largest absolute Gasteiger partial charge is 0.377 e. The summed E-state index contributed by atoms with van der Waals surface area (Å²) >= 11 is 0. The second-order valence-electron chi connectivity index (χ2n) is 10.4. The summed E-state index contributed by atoms with van der Waals surface area (Å²) in [5, 5.41) is 10.9. The van der Waals surface area contributed by atoms with Gasteiger partial charge >= 0.3 is 0 Å². The maximum absolute atomic E-state index is 13.4. The van der Waals surface area contributed by atoms with E-state index in [4.69, 9.17) is 45.9 Å². The van der Waals surface area contributed by atoms with Crippen molar-refractivity contribution in [3.05, 3.63) is 0 Å². The number of nitrogens with zero attached hydrogens (tertiary/aromatic N) is 3. The van der Waals surface area contributed by atoms with Crippen LogP contribution < -0.4 is 45.9 Å². The first kappa shape index (κ1) is 38.5. The van der Waals surface area contributed by atoms with Crippen molar-refractivity contribution in [1.82, 2.24) is 14.7 Å². The molecule has 4 atom stereocenters. The molecular weight excluding hydrogens is 514 g/mol. The number of hydrogen-bond donors (Lipinski definition) is 9. The smallest absolute Gasteiger partial charge is 0.239 e. The van der Waals surface area contributed by atoms with Crippen molar-refractivity contribution in [2.24, 2.45) is 45.9 Å². The molecule has 0 aliphatic rings. The van der Waals surface area contributed by atoms with Crippen LogP contribution in [-0.4, -0.2) is 128 Å². The number of nitrogens with two attached hydrogens (primary N) is 8. The number of unbranched alkanes of at least 4 members (excludes halogenated alkanes) is 3. The van der Waals surface area contributed by atoms with E-state index < -0.39 is 24.4 Å². The van der Waals surface area contributed by atoms with Crippen molar-refractivity contribution >= 4 is 11.8 Å². The third kappa shape index (κ3) is 16.1. The third-order valence-electron chi connectivity index (χ3n) is 7.06. The summed E-state index contributed by atoms with van der Waals surface area (Å²) in [5.41, 5.74) is 47.0. The molecule has 238 valence electrons. The minimum absolute atomic E-state index is 0.203. The van der Waals surface area contributed by atoms with Crippen LogP contribution in [0.4, 0.5) is 0 Å². The Morgan fingerprint density at radius 1 is 0.525 bits per heavy atom. The van der Waals surface area contributed by atoms with Gasteiger partial charge in [0.15, 0.2) is 0 Å². The van der Waals surface area contributed by atoms with E-state index in [-0.39, 0.29) is 38.0 Å². The van der Waals surface area contributed by atoms with Crippen LogP contribution in [0.3, 0.4) is 0 Å². The lowest BCUT2D eigenvalue weighted by molar-refractivity contribution is -0.137. The number of rotatable bonds is 26. The van der Waals surface area contributed by atoms with Crippen molar-refractivity contribution in [3.8, 4) is 0 Å². The van der Waals surface area contributed by atoms with Crippen LogP contribution in [0.15, 0.2) is 0 Å². The third-order valence-corrected chi connectivity index (χ3v) is 7.06. The minimum Gasteiger partial charge on any atom is -0.377 e. The molecule has 0 aliphatic carbocycles. The van der Waals surface area contributed by atoms with E-state index in [0.29, 0.717) is 65.1 Å². The minimum atomic E-state index is -0.918. The van der Waals surface area contributed by atoms with Gasteiger partial charge in [-0.25, -0.2) is 0 Å². The Morgan fingerprint density at radius 3 is 1.35 bits per heavy atom. The fraction of sp³-hybridized carbons (Fsp3) is 0.923. The van der Waals surface area contributed by atoms with Gasteiger partial charge in [0, 0.05) is 58.4 Å². The highest BCUT2D eigenvalue weighted by Gasteiger charge is 2.27. The van der Waals surface area contributed by atoms with Gasteiger partial charge in [-0.2, -0.15) is 0 Å². The SMILES string of the molecule is NCCCCC(N)C(=O)N(CCN)CCN(CCN(CCN)C(O)C(N)CCCCN)C(=O)C(N)CCCCN. The average molecular weight is 576 g/mol. The summed E-state index contributed by atoms with van der Waals surface area (Å²) < 4.78 is 0. The Balaban J connectivity index is 5.54. The molecule has 0 spiro atoms. The summed E-state index contributed by atoms with van der Waals surface area (Å²) in [4.78, 5) is 31.5. The lowest BCUT2D eigenvalue weighted by Gasteiger charge is -2.35. The Kier molecular flexibility index (Phi) is 23.3. The van der Waals surface area contributed by atoms with Crippen molar-refractivity contribution in [3.63, 3.8) is 0 Å². The van der Waals surface area contributed by atoms with Gasteiger partial charge in [-0.1, -0.05) is 19.3 Å². The van der Waals surface area contributed by atoms with Gasteiger partial charge in [0.05, 0.1) is 12.1 Å². The molecule has 0 bridgehead atoms. The lowest BCUT2D eigenvalue weighted by Crippen LogP contribution is -2.54.